The van der Waals surface area contributed by atoms with Crippen molar-refractivity contribution in [1.29, 1.82) is 0 Å². The lowest BCUT2D eigenvalue weighted by Crippen LogP contribution is -2.23. The first-order chi connectivity index (χ1) is 12.3. The minimum absolute atomic E-state index is 0.0241. The van der Waals surface area contributed by atoms with Crippen LogP contribution in [0.15, 0.2) is 48.5 Å². The van der Waals surface area contributed by atoms with Crippen molar-refractivity contribution >= 4 is 17.6 Å². The maximum atomic E-state index is 13.4. The highest BCUT2D eigenvalue weighted by Gasteiger charge is 2.14. The van der Waals surface area contributed by atoms with Crippen molar-refractivity contribution in [3.63, 3.8) is 0 Å². The van der Waals surface area contributed by atoms with Crippen molar-refractivity contribution in [3.05, 3.63) is 59.9 Å². The van der Waals surface area contributed by atoms with Crippen molar-refractivity contribution < 1.29 is 23.5 Å². The van der Waals surface area contributed by atoms with Crippen LogP contribution in [0.4, 0.5) is 10.1 Å². The van der Waals surface area contributed by atoms with E-state index in [4.69, 9.17) is 9.47 Å². The molecular weight excluding hydrogens is 337 g/mol. The number of hydrogen-bond acceptors (Lipinski definition) is 4. The number of anilines is 1. The molecular formula is C20H22FNO4. The Morgan fingerprint density at radius 2 is 1.65 bits per heavy atom. The number of carbonyl (C=O) groups excluding carboxylic acids is 2. The Balaban J connectivity index is 1.76. The quantitative estimate of drug-likeness (QED) is 0.799. The van der Waals surface area contributed by atoms with Gasteiger partial charge in [0.05, 0.1) is 0 Å². The van der Waals surface area contributed by atoms with E-state index in [9.17, 15) is 14.0 Å². The Labute approximate surface area is 152 Å². The number of amides is 1. The monoisotopic (exact) mass is 359 g/mol. The molecule has 0 saturated heterocycles. The summed E-state index contributed by atoms with van der Waals surface area (Å²) in [5.74, 6) is -1.84. The number of esters is 1. The molecule has 1 N–H and O–H groups in total. The summed E-state index contributed by atoms with van der Waals surface area (Å²) in [6, 6.07) is 13.2. The second kappa shape index (κ2) is 8.47. The highest BCUT2D eigenvalue weighted by atomic mass is 19.1. The van der Waals surface area contributed by atoms with Gasteiger partial charge in [0.2, 0.25) is 0 Å². The highest BCUT2D eigenvalue weighted by Crippen LogP contribution is 2.23. The fourth-order valence-corrected chi connectivity index (χ4v) is 2.14. The van der Waals surface area contributed by atoms with E-state index < -0.39 is 30.9 Å². The molecule has 2 aromatic rings. The van der Waals surface area contributed by atoms with Gasteiger partial charge in [0.25, 0.3) is 5.91 Å². The predicted octanol–water partition coefficient (Wildman–Crippen LogP) is 3.68. The van der Waals surface area contributed by atoms with E-state index in [1.807, 2.05) is 12.1 Å². The summed E-state index contributed by atoms with van der Waals surface area (Å²) in [7, 11) is 0. The van der Waals surface area contributed by atoms with Crippen LogP contribution < -0.4 is 10.1 Å². The number of carbonyl (C=O) groups is 2. The van der Waals surface area contributed by atoms with Crippen LogP contribution in [0.5, 0.6) is 5.75 Å². The first-order valence-electron chi connectivity index (χ1n) is 8.19. The molecule has 0 atom stereocenters. The third kappa shape index (κ3) is 5.88. The first kappa shape index (κ1) is 19.4. The molecule has 0 aliphatic rings. The van der Waals surface area contributed by atoms with Gasteiger partial charge in [-0.3, -0.25) is 4.79 Å². The van der Waals surface area contributed by atoms with Crippen molar-refractivity contribution in [2.45, 2.75) is 26.2 Å². The molecule has 0 fully saturated rings. The molecule has 5 nitrogen and oxygen atoms in total. The summed E-state index contributed by atoms with van der Waals surface area (Å²) in [4.78, 5) is 23.4. The molecule has 0 heterocycles. The molecule has 0 aliphatic heterocycles. The van der Waals surface area contributed by atoms with Gasteiger partial charge in [-0.15, -0.1) is 0 Å². The molecule has 0 spiro atoms. The predicted molar refractivity (Wildman–Crippen MR) is 96.6 cm³/mol. The Morgan fingerprint density at radius 1 is 1.00 bits per heavy atom. The fraction of sp³-hybridized carbons (Fsp3) is 0.300. The van der Waals surface area contributed by atoms with E-state index in [-0.39, 0.29) is 11.2 Å². The summed E-state index contributed by atoms with van der Waals surface area (Å²) in [5.41, 5.74) is 1.78. The van der Waals surface area contributed by atoms with Crippen LogP contribution >= 0.6 is 0 Å². The van der Waals surface area contributed by atoms with Crippen LogP contribution in [0.3, 0.4) is 0 Å². The molecule has 26 heavy (non-hydrogen) atoms. The molecule has 2 rings (SSSR count). The molecule has 0 unspecified atom stereocenters. The molecule has 6 heteroatoms. The van der Waals surface area contributed by atoms with Crippen molar-refractivity contribution in [1.82, 2.24) is 0 Å². The second-order valence-electron chi connectivity index (χ2n) is 6.76. The third-order valence-electron chi connectivity index (χ3n) is 3.58. The maximum Gasteiger partial charge on any atom is 0.344 e. The zero-order valence-corrected chi connectivity index (χ0v) is 15.0. The van der Waals surface area contributed by atoms with Gasteiger partial charge >= 0.3 is 5.97 Å². The van der Waals surface area contributed by atoms with E-state index in [0.717, 1.165) is 5.56 Å². The van der Waals surface area contributed by atoms with Gasteiger partial charge in [-0.2, -0.15) is 0 Å². The smallest absolute Gasteiger partial charge is 0.344 e. The Hall–Kier alpha value is -2.89. The van der Waals surface area contributed by atoms with Crippen LogP contribution in [0, 0.1) is 5.82 Å². The number of rotatable bonds is 6. The fourth-order valence-electron chi connectivity index (χ4n) is 2.14. The number of halogens is 1. The standard InChI is InChI=1S/C20H22FNO4/c1-20(2,3)14-8-10-15(11-9-14)22-18(23)12-26-19(24)13-25-17-7-5-4-6-16(17)21/h4-11H,12-13H2,1-3H3,(H,22,23). The van der Waals surface area contributed by atoms with E-state index >= 15 is 0 Å². The topological polar surface area (TPSA) is 64.6 Å². The number of para-hydroxylation sites is 1. The lowest BCUT2D eigenvalue weighted by atomic mass is 9.87. The Morgan fingerprint density at radius 3 is 2.27 bits per heavy atom. The number of benzene rings is 2. The van der Waals surface area contributed by atoms with Crippen LogP contribution in [0.2, 0.25) is 0 Å². The molecule has 0 aliphatic carbocycles. The molecule has 2 aromatic carbocycles. The molecule has 1 amide bonds. The van der Waals surface area contributed by atoms with E-state index in [0.29, 0.717) is 5.69 Å². The van der Waals surface area contributed by atoms with Gasteiger partial charge in [0.1, 0.15) is 0 Å². The van der Waals surface area contributed by atoms with Crippen LogP contribution in [0.25, 0.3) is 0 Å². The SMILES string of the molecule is CC(C)(C)c1ccc(NC(=O)COC(=O)COc2ccccc2F)cc1. The average molecular weight is 359 g/mol. The first-order valence-corrected chi connectivity index (χ1v) is 8.19. The van der Waals surface area contributed by atoms with Crippen molar-refractivity contribution in [2.75, 3.05) is 18.5 Å². The van der Waals surface area contributed by atoms with Crippen LogP contribution in [-0.4, -0.2) is 25.1 Å². The zero-order valence-electron chi connectivity index (χ0n) is 15.0. The molecule has 0 saturated carbocycles. The van der Waals surface area contributed by atoms with Crippen molar-refractivity contribution in [3.8, 4) is 5.75 Å². The minimum atomic E-state index is -0.758. The van der Waals surface area contributed by atoms with Gasteiger partial charge in [0.15, 0.2) is 24.8 Å². The lowest BCUT2D eigenvalue weighted by Gasteiger charge is -2.19. The van der Waals surface area contributed by atoms with Gasteiger partial charge in [0, 0.05) is 5.69 Å². The molecule has 0 bridgehead atoms. The second-order valence-corrected chi connectivity index (χ2v) is 6.76. The number of nitrogens with one attached hydrogen (secondary N) is 1. The van der Waals surface area contributed by atoms with Gasteiger partial charge in [-0.05, 0) is 35.2 Å². The normalized spacial score (nSPS) is 10.9. The highest BCUT2D eigenvalue weighted by molar-refractivity contribution is 5.92. The van der Waals surface area contributed by atoms with E-state index in [1.165, 1.54) is 18.2 Å². The molecule has 0 radical (unpaired) electrons. The van der Waals surface area contributed by atoms with Crippen LogP contribution in [0.1, 0.15) is 26.3 Å². The summed E-state index contributed by atoms with van der Waals surface area (Å²) in [5, 5.41) is 2.64. The van der Waals surface area contributed by atoms with E-state index in [2.05, 4.69) is 26.1 Å². The van der Waals surface area contributed by atoms with Gasteiger partial charge in [-0.1, -0.05) is 45.0 Å². The average Bonchev–Trinajstić information content (AvgIpc) is 2.59. The Kier molecular flexibility index (Phi) is 6.33. The van der Waals surface area contributed by atoms with Gasteiger partial charge < -0.3 is 14.8 Å². The van der Waals surface area contributed by atoms with E-state index in [1.54, 1.807) is 18.2 Å². The molecule has 138 valence electrons. The minimum Gasteiger partial charge on any atom is -0.479 e. The molecule has 0 aromatic heterocycles. The largest absolute Gasteiger partial charge is 0.479 e. The number of ether oxygens (including phenoxy) is 2. The Bertz CT molecular complexity index is 766. The maximum absolute atomic E-state index is 13.4. The summed E-state index contributed by atoms with van der Waals surface area (Å²) in [6.45, 7) is 5.38. The zero-order chi connectivity index (χ0) is 19.2. The lowest BCUT2D eigenvalue weighted by molar-refractivity contribution is -0.149. The van der Waals surface area contributed by atoms with Crippen molar-refractivity contribution in [2.24, 2.45) is 0 Å². The number of hydrogen-bond donors (Lipinski definition) is 1. The summed E-state index contributed by atoms with van der Waals surface area (Å²) in [6.07, 6.45) is 0. The summed E-state index contributed by atoms with van der Waals surface area (Å²) < 4.78 is 23.2. The summed E-state index contributed by atoms with van der Waals surface area (Å²) >= 11 is 0. The van der Waals surface area contributed by atoms with Gasteiger partial charge in [-0.25, -0.2) is 9.18 Å². The third-order valence-corrected chi connectivity index (χ3v) is 3.58. The van der Waals surface area contributed by atoms with Crippen LogP contribution in [-0.2, 0) is 19.7 Å².